The lowest BCUT2D eigenvalue weighted by Gasteiger charge is -1.93. The van der Waals surface area contributed by atoms with Gasteiger partial charge in [0.2, 0.25) is 0 Å². The van der Waals surface area contributed by atoms with E-state index in [-0.39, 0.29) is 0 Å². The van der Waals surface area contributed by atoms with Crippen LogP contribution in [0.2, 0.25) is 0 Å². The van der Waals surface area contributed by atoms with Crippen LogP contribution in [0.3, 0.4) is 0 Å². The van der Waals surface area contributed by atoms with Crippen LogP contribution >= 0.6 is 0 Å². The van der Waals surface area contributed by atoms with Crippen LogP contribution in [0.1, 0.15) is 0 Å². The molecule has 0 fully saturated rings. The third-order valence-electron chi connectivity index (χ3n) is 1.08. The Balaban J connectivity index is 3.59. The van der Waals surface area contributed by atoms with E-state index in [1.54, 1.807) is 0 Å². The summed E-state index contributed by atoms with van der Waals surface area (Å²) < 4.78 is 15.3. The van der Waals surface area contributed by atoms with Crippen molar-refractivity contribution in [2.45, 2.75) is 0 Å². The summed E-state index contributed by atoms with van der Waals surface area (Å²) in [4.78, 5) is 10.5. The van der Waals surface area contributed by atoms with Gasteiger partial charge in [-0.25, -0.2) is 4.79 Å². The van der Waals surface area contributed by atoms with Gasteiger partial charge < -0.3 is 10.5 Å². The summed E-state index contributed by atoms with van der Waals surface area (Å²) in [5, 5.41) is 0. The standard InChI is InChI=1S/C7H13NO3S/c1-11-7(9)3-2-5-12(10)6-4-8/h2-3H,4-6,8H2,1H3/b3-2+. The number of methoxy groups -OCH3 is 1. The molecule has 0 saturated carbocycles. The fraction of sp³-hybridized carbons (Fsp3) is 0.571. The Morgan fingerprint density at radius 1 is 1.67 bits per heavy atom. The number of hydrogen-bond acceptors (Lipinski definition) is 4. The molecular weight excluding hydrogens is 178 g/mol. The summed E-state index contributed by atoms with van der Waals surface area (Å²) >= 11 is 0. The summed E-state index contributed by atoms with van der Waals surface area (Å²) in [5.41, 5.74) is 5.18. The largest absolute Gasteiger partial charge is 0.466 e. The van der Waals surface area contributed by atoms with Crippen molar-refractivity contribution in [3.63, 3.8) is 0 Å². The molecule has 0 aliphatic rings. The van der Waals surface area contributed by atoms with Crippen molar-refractivity contribution in [1.29, 1.82) is 0 Å². The summed E-state index contributed by atoms with van der Waals surface area (Å²) in [5.74, 6) is 0.386. The first-order valence-corrected chi connectivity index (χ1v) is 4.99. The topological polar surface area (TPSA) is 69.4 Å². The smallest absolute Gasteiger partial charge is 0.330 e. The highest BCUT2D eigenvalue weighted by Crippen LogP contribution is 1.84. The average molecular weight is 191 g/mol. The third kappa shape index (κ3) is 6.06. The minimum absolute atomic E-state index is 0.353. The molecular formula is C7H13NO3S. The molecule has 4 nitrogen and oxygen atoms in total. The number of nitrogens with two attached hydrogens (primary N) is 1. The van der Waals surface area contributed by atoms with Gasteiger partial charge in [0.05, 0.1) is 7.11 Å². The van der Waals surface area contributed by atoms with Crippen LogP contribution in [0.4, 0.5) is 0 Å². The first-order chi connectivity index (χ1) is 5.70. The highest BCUT2D eigenvalue weighted by atomic mass is 32.2. The molecule has 0 aromatic heterocycles. The zero-order valence-corrected chi connectivity index (χ0v) is 7.80. The van der Waals surface area contributed by atoms with Crippen molar-refractivity contribution in [3.8, 4) is 0 Å². The maximum absolute atomic E-state index is 10.9. The van der Waals surface area contributed by atoms with E-state index in [4.69, 9.17) is 5.73 Å². The fourth-order valence-electron chi connectivity index (χ4n) is 0.534. The van der Waals surface area contributed by atoms with Gasteiger partial charge in [0, 0.05) is 34.9 Å². The Morgan fingerprint density at radius 2 is 2.33 bits per heavy atom. The molecule has 12 heavy (non-hydrogen) atoms. The molecule has 0 bridgehead atoms. The maximum Gasteiger partial charge on any atom is 0.330 e. The zero-order valence-electron chi connectivity index (χ0n) is 6.99. The van der Waals surface area contributed by atoms with E-state index < -0.39 is 16.8 Å². The molecule has 0 aliphatic carbocycles. The SMILES string of the molecule is COC(=O)/C=C/CS(=O)CCN. The molecule has 0 amide bonds. The van der Waals surface area contributed by atoms with Gasteiger partial charge in [-0.3, -0.25) is 4.21 Å². The Kier molecular flexibility index (Phi) is 6.60. The van der Waals surface area contributed by atoms with Gasteiger partial charge in [-0.2, -0.15) is 0 Å². The molecule has 0 aliphatic heterocycles. The summed E-state index contributed by atoms with van der Waals surface area (Å²) in [6.45, 7) is 0.401. The first-order valence-electron chi connectivity index (χ1n) is 3.50. The fourth-order valence-corrected chi connectivity index (χ4v) is 1.27. The number of rotatable bonds is 5. The van der Waals surface area contributed by atoms with Gasteiger partial charge in [-0.1, -0.05) is 6.08 Å². The molecule has 0 saturated heterocycles. The van der Waals surface area contributed by atoms with Gasteiger partial charge >= 0.3 is 5.97 Å². The minimum atomic E-state index is -0.958. The van der Waals surface area contributed by atoms with Crippen molar-refractivity contribution in [3.05, 3.63) is 12.2 Å². The average Bonchev–Trinajstić information content (AvgIpc) is 2.04. The number of esters is 1. The quantitative estimate of drug-likeness (QED) is 0.466. The van der Waals surface area contributed by atoms with Crippen LogP contribution in [0, 0.1) is 0 Å². The number of carbonyl (C=O) groups is 1. The van der Waals surface area contributed by atoms with Gasteiger partial charge in [0.25, 0.3) is 0 Å². The van der Waals surface area contributed by atoms with E-state index in [1.165, 1.54) is 19.3 Å². The highest BCUT2D eigenvalue weighted by Gasteiger charge is 1.95. The van der Waals surface area contributed by atoms with Crippen molar-refractivity contribution in [2.75, 3.05) is 25.2 Å². The predicted molar refractivity (Wildman–Crippen MR) is 48.1 cm³/mol. The van der Waals surface area contributed by atoms with E-state index in [2.05, 4.69) is 4.74 Å². The third-order valence-corrected chi connectivity index (χ3v) is 2.34. The molecule has 0 radical (unpaired) electrons. The Labute approximate surface area is 74.2 Å². The van der Waals surface area contributed by atoms with E-state index in [0.717, 1.165) is 0 Å². The van der Waals surface area contributed by atoms with E-state index in [9.17, 15) is 9.00 Å². The van der Waals surface area contributed by atoms with Gasteiger partial charge in [0.1, 0.15) is 0 Å². The molecule has 0 aromatic carbocycles. The molecule has 2 N–H and O–H groups in total. The molecule has 0 spiro atoms. The van der Waals surface area contributed by atoms with E-state index in [0.29, 0.717) is 18.1 Å². The monoisotopic (exact) mass is 191 g/mol. The highest BCUT2D eigenvalue weighted by molar-refractivity contribution is 7.85. The van der Waals surface area contributed by atoms with Gasteiger partial charge in [-0.05, 0) is 0 Å². The first kappa shape index (κ1) is 11.3. The van der Waals surface area contributed by atoms with Crippen molar-refractivity contribution in [1.82, 2.24) is 0 Å². The molecule has 5 heteroatoms. The van der Waals surface area contributed by atoms with Crippen LogP contribution in [-0.2, 0) is 20.3 Å². The molecule has 0 rings (SSSR count). The van der Waals surface area contributed by atoms with E-state index in [1.807, 2.05) is 0 Å². The lowest BCUT2D eigenvalue weighted by atomic mass is 10.5. The second-order valence-corrected chi connectivity index (χ2v) is 3.65. The van der Waals surface area contributed by atoms with Crippen LogP contribution in [0.15, 0.2) is 12.2 Å². The number of ether oxygens (including phenoxy) is 1. The lowest BCUT2D eigenvalue weighted by Crippen LogP contribution is -2.11. The van der Waals surface area contributed by atoms with Crippen molar-refractivity contribution < 1.29 is 13.7 Å². The van der Waals surface area contributed by atoms with Gasteiger partial charge in [-0.15, -0.1) is 0 Å². The second kappa shape index (κ2) is 7.00. The van der Waals surface area contributed by atoms with Crippen LogP contribution < -0.4 is 5.73 Å². The van der Waals surface area contributed by atoms with Gasteiger partial charge in [0.15, 0.2) is 0 Å². The molecule has 70 valence electrons. The Hall–Kier alpha value is -0.680. The van der Waals surface area contributed by atoms with Crippen molar-refractivity contribution in [2.24, 2.45) is 5.73 Å². The number of carbonyl (C=O) groups excluding carboxylic acids is 1. The van der Waals surface area contributed by atoms with E-state index >= 15 is 0 Å². The summed E-state index contributed by atoms with van der Waals surface area (Å²) in [6, 6.07) is 0. The van der Waals surface area contributed by atoms with Crippen LogP contribution in [-0.4, -0.2) is 35.3 Å². The Bertz CT molecular complexity index is 191. The summed E-state index contributed by atoms with van der Waals surface area (Å²) in [7, 11) is 0.337. The molecule has 1 atom stereocenters. The normalized spacial score (nSPS) is 13.2. The van der Waals surface area contributed by atoms with Crippen LogP contribution in [0.5, 0.6) is 0 Å². The lowest BCUT2D eigenvalue weighted by molar-refractivity contribution is -0.134. The summed E-state index contributed by atoms with van der Waals surface area (Å²) in [6.07, 6.45) is 2.78. The Morgan fingerprint density at radius 3 is 2.83 bits per heavy atom. The predicted octanol–water partition coefficient (Wildman–Crippen LogP) is -0.577. The molecule has 0 heterocycles. The molecule has 0 aromatic rings. The maximum atomic E-state index is 10.9. The molecule has 1 unspecified atom stereocenters. The zero-order chi connectivity index (χ0) is 9.40. The minimum Gasteiger partial charge on any atom is -0.466 e. The van der Waals surface area contributed by atoms with Crippen LogP contribution in [0.25, 0.3) is 0 Å². The van der Waals surface area contributed by atoms with Crippen molar-refractivity contribution >= 4 is 16.8 Å². The number of hydrogen-bond donors (Lipinski definition) is 1. The second-order valence-electron chi connectivity index (χ2n) is 2.02.